The molecule has 0 spiro atoms. The lowest BCUT2D eigenvalue weighted by Crippen LogP contribution is -2.01. The van der Waals surface area contributed by atoms with Crippen LogP contribution in [0.1, 0.15) is 55.4 Å². The first-order valence-electron chi connectivity index (χ1n) is 4.57. The van der Waals surface area contributed by atoms with E-state index < -0.39 is 0 Å². The zero-order chi connectivity index (χ0) is 10.0. The highest BCUT2D eigenvalue weighted by Crippen LogP contribution is 2.23. The van der Waals surface area contributed by atoms with Gasteiger partial charge in [0.15, 0.2) is 5.78 Å². The Morgan fingerprint density at radius 1 is 1.54 bits per heavy atom. The van der Waals surface area contributed by atoms with Crippen LogP contribution < -0.4 is 0 Å². The summed E-state index contributed by atoms with van der Waals surface area (Å²) < 4.78 is 5.14. The molecule has 0 N–H and O–H groups in total. The molecular weight excluding hydrogens is 166 g/mol. The quantitative estimate of drug-likeness (QED) is 0.673. The number of hydrogen-bond acceptors (Lipinski definition) is 3. The third-order valence-electron chi connectivity index (χ3n) is 2.00. The van der Waals surface area contributed by atoms with Gasteiger partial charge in [0.1, 0.15) is 5.76 Å². The Morgan fingerprint density at radius 2 is 2.15 bits per heavy atom. The summed E-state index contributed by atoms with van der Waals surface area (Å²) in [5.74, 6) is 0.970. The van der Waals surface area contributed by atoms with Crippen molar-refractivity contribution in [1.29, 1.82) is 0 Å². The molecule has 3 heteroatoms. The summed E-state index contributed by atoms with van der Waals surface area (Å²) in [5, 5.41) is 3.88. The van der Waals surface area contributed by atoms with E-state index >= 15 is 0 Å². The molecule has 0 aliphatic rings. The molecule has 0 atom stereocenters. The Hall–Kier alpha value is -1.12. The molecule has 3 nitrogen and oxygen atoms in total. The first-order valence-corrected chi connectivity index (χ1v) is 4.57. The molecule has 0 radical (unpaired) electrons. The number of carbonyl (C=O) groups excluding carboxylic acids is 1. The van der Waals surface area contributed by atoms with E-state index in [0.717, 1.165) is 12.1 Å². The van der Waals surface area contributed by atoms with Crippen molar-refractivity contribution in [2.45, 2.75) is 40.0 Å². The second kappa shape index (κ2) is 3.73. The minimum atomic E-state index is 0.0433. The molecule has 1 heterocycles. The van der Waals surface area contributed by atoms with Crippen LogP contribution in [0.15, 0.2) is 4.52 Å². The fourth-order valence-electron chi connectivity index (χ4n) is 1.35. The van der Waals surface area contributed by atoms with Crippen molar-refractivity contribution >= 4 is 5.78 Å². The van der Waals surface area contributed by atoms with Gasteiger partial charge in [-0.1, -0.05) is 25.9 Å². The van der Waals surface area contributed by atoms with Gasteiger partial charge in [-0.25, -0.2) is 0 Å². The molecule has 0 unspecified atom stereocenters. The van der Waals surface area contributed by atoms with Crippen molar-refractivity contribution in [3.63, 3.8) is 0 Å². The van der Waals surface area contributed by atoms with E-state index in [1.165, 1.54) is 0 Å². The number of carbonyl (C=O) groups is 1. The Balaban J connectivity index is 3.22. The lowest BCUT2D eigenvalue weighted by Gasteiger charge is -2.00. The number of Topliss-reactive ketones (excluding diaryl/α,β-unsaturated/α-hetero) is 1. The highest BCUT2D eigenvalue weighted by Gasteiger charge is 2.20. The van der Waals surface area contributed by atoms with Crippen LogP contribution in [-0.4, -0.2) is 10.9 Å². The second-order valence-electron chi connectivity index (χ2n) is 3.43. The topological polar surface area (TPSA) is 43.1 Å². The molecule has 13 heavy (non-hydrogen) atoms. The van der Waals surface area contributed by atoms with Gasteiger partial charge in [0, 0.05) is 5.92 Å². The lowest BCUT2D eigenvalue weighted by atomic mass is 10.0. The van der Waals surface area contributed by atoms with Gasteiger partial charge < -0.3 is 4.52 Å². The molecule has 0 aromatic carbocycles. The first-order chi connectivity index (χ1) is 6.07. The number of hydrogen-bond donors (Lipinski definition) is 0. The summed E-state index contributed by atoms with van der Waals surface area (Å²) in [5.41, 5.74) is 1.45. The van der Waals surface area contributed by atoms with Crippen molar-refractivity contribution in [2.75, 3.05) is 0 Å². The van der Waals surface area contributed by atoms with Gasteiger partial charge in [-0.15, -0.1) is 0 Å². The van der Waals surface area contributed by atoms with E-state index in [2.05, 4.69) is 5.16 Å². The van der Waals surface area contributed by atoms with Crippen molar-refractivity contribution in [1.82, 2.24) is 5.16 Å². The molecule has 0 saturated carbocycles. The van der Waals surface area contributed by atoms with Crippen molar-refractivity contribution < 1.29 is 9.32 Å². The van der Waals surface area contributed by atoms with E-state index in [-0.39, 0.29) is 11.7 Å². The third kappa shape index (κ3) is 1.79. The molecule has 1 aromatic rings. The molecule has 1 rings (SSSR count). The lowest BCUT2D eigenvalue weighted by molar-refractivity contribution is 0.101. The van der Waals surface area contributed by atoms with E-state index in [0.29, 0.717) is 11.3 Å². The molecule has 0 aliphatic carbocycles. The van der Waals surface area contributed by atoms with Crippen LogP contribution in [-0.2, 0) is 6.42 Å². The molecule has 0 amide bonds. The van der Waals surface area contributed by atoms with Gasteiger partial charge in [0.2, 0.25) is 0 Å². The maximum atomic E-state index is 11.3. The highest BCUT2D eigenvalue weighted by atomic mass is 16.5. The smallest absolute Gasteiger partial charge is 0.165 e. The van der Waals surface area contributed by atoms with Gasteiger partial charge in [-0.2, -0.15) is 0 Å². The van der Waals surface area contributed by atoms with E-state index in [9.17, 15) is 4.79 Å². The highest BCUT2D eigenvalue weighted by molar-refractivity contribution is 5.96. The summed E-state index contributed by atoms with van der Waals surface area (Å²) in [7, 11) is 0. The number of nitrogens with zero attached hydrogens (tertiary/aromatic N) is 1. The number of ketones is 1. The van der Waals surface area contributed by atoms with Crippen molar-refractivity contribution in [3.8, 4) is 0 Å². The zero-order valence-corrected chi connectivity index (χ0v) is 8.55. The van der Waals surface area contributed by atoms with Crippen LogP contribution >= 0.6 is 0 Å². The predicted octanol–water partition coefficient (Wildman–Crippen LogP) is 2.56. The Bertz CT molecular complexity index is 313. The Morgan fingerprint density at radius 3 is 2.54 bits per heavy atom. The molecule has 1 aromatic heterocycles. The second-order valence-corrected chi connectivity index (χ2v) is 3.43. The van der Waals surface area contributed by atoms with E-state index in [1.807, 2.05) is 20.8 Å². The molecule has 0 fully saturated rings. The average molecular weight is 181 g/mol. The van der Waals surface area contributed by atoms with Crippen molar-refractivity contribution in [2.24, 2.45) is 0 Å². The molecule has 0 aliphatic heterocycles. The van der Waals surface area contributed by atoms with Crippen LogP contribution in [0.4, 0.5) is 0 Å². The van der Waals surface area contributed by atoms with Crippen LogP contribution in [0.25, 0.3) is 0 Å². The number of rotatable bonds is 3. The standard InChI is InChI=1S/C10H15NO2/c1-5-8-9(7(4)12)10(6(2)3)13-11-8/h6H,5H2,1-4H3. The SMILES string of the molecule is CCc1noc(C(C)C)c1C(C)=O. The van der Waals surface area contributed by atoms with Crippen LogP contribution in [0, 0.1) is 0 Å². The summed E-state index contributed by atoms with van der Waals surface area (Å²) >= 11 is 0. The van der Waals surface area contributed by atoms with Crippen LogP contribution in [0.3, 0.4) is 0 Å². The predicted molar refractivity (Wildman–Crippen MR) is 50.0 cm³/mol. The number of aromatic nitrogens is 1. The number of aryl methyl sites for hydroxylation is 1. The monoisotopic (exact) mass is 181 g/mol. The van der Waals surface area contributed by atoms with E-state index in [1.54, 1.807) is 6.92 Å². The first kappa shape index (κ1) is 9.96. The van der Waals surface area contributed by atoms with Gasteiger partial charge in [0.25, 0.3) is 0 Å². The maximum Gasteiger partial charge on any atom is 0.165 e. The Labute approximate surface area is 78.1 Å². The van der Waals surface area contributed by atoms with E-state index in [4.69, 9.17) is 4.52 Å². The normalized spacial score (nSPS) is 10.8. The zero-order valence-electron chi connectivity index (χ0n) is 8.55. The summed E-state index contributed by atoms with van der Waals surface area (Å²) in [6.07, 6.45) is 0.741. The summed E-state index contributed by atoms with van der Waals surface area (Å²) in [6, 6.07) is 0. The average Bonchev–Trinajstić information content (AvgIpc) is 2.46. The Kier molecular flexibility index (Phi) is 2.86. The molecule has 72 valence electrons. The van der Waals surface area contributed by atoms with Crippen LogP contribution in [0.2, 0.25) is 0 Å². The van der Waals surface area contributed by atoms with Gasteiger partial charge >= 0.3 is 0 Å². The summed E-state index contributed by atoms with van der Waals surface area (Å²) in [6.45, 7) is 7.50. The minimum Gasteiger partial charge on any atom is -0.360 e. The fraction of sp³-hybridized carbons (Fsp3) is 0.600. The largest absolute Gasteiger partial charge is 0.360 e. The molecular formula is C10H15NO2. The minimum absolute atomic E-state index is 0.0433. The van der Waals surface area contributed by atoms with Crippen LogP contribution in [0.5, 0.6) is 0 Å². The van der Waals surface area contributed by atoms with Gasteiger partial charge in [-0.05, 0) is 13.3 Å². The summed E-state index contributed by atoms with van der Waals surface area (Å²) in [4.78, 5) is 11.3. The molecule has 0 saturated heterocycles. The fourth-order valence-corrected chi connectivity index (χ4v) is 1.35. The maximum absolute atomic E-state index is 11.3. The van der Waals surface area contributed by atoms with Gasteiger partial charge in [0.05, 0.1) is 11.3 Å². The third-order valence-corrected chi connectivity index (χ3v) is 2.00. The van der Waals surface area contributed by atoms with Gasteiger partial charge in [-0.3, -0.25) is 4.79 Å². The molecule has 0 bridgehead atoms. The van der Waals surface area contributed by atoms with Crippen molar-refractivity contribution in [3.05, 3.63) is 17.0 Å².